The van der Waals surface area contributed by atoms with Gasteiger partial charge in [0.25, 0.3) is 0 Å². The first-order chi connectivity index (χ1) is 12.0. The summed E-state index contributed by atoms with van der Waals surface area (Å²) in [5.41, 5.74) is 2.18. The number of aliphatic imine (C=N–C) groups is 1. The van der Waals surface area contributed by atoms with Gasteiger partial charge in [-0.15, -0.1) is 0 Å². The molecule has 0 aliphatic heterocycles. The van der Waals surface area contributed by atoms with Crippen LogP contribution in [0.2, 0.25) is 0 Å². The van der Waals surface area contributed by atoms with Crippen molar-refractivity contribution in [2.75, 3.05) is 0 Å². The van der Waals surface area contributed by atoms with Crippen molar-refractivity contribution in [3.63, 3.8) is 0 Å². The molecule has 5 heteroatoms. The molecule has 2 nitrogen and oxygen atoms in total. The van der Waals surface area contributed by atoms with Gasteiger partial charge < -0.3 is 5.11 Å². The van der Waals surface area contributed by atoms with Crippen molar-refractivity contribution in [1.29, 1.82) is 0 Å². The zero-order valence-electron chi connectivity index (χ0n) is 16.9. The van der Waals surface area contributed by atoms with E-state index in [9.17, 15) is 5.11 Å². The van der Waals surface area contributed by atoms with E-state index in [0.717, 1.165) is 29.9 Å². The Morgan fingerprint density at radius 3 is 2.04 bits per heavy atom. The third kappa shape index (κ3) is 7.65. The van der Waals surface area contributed by atoms with E-state index in [1.807, 2.05) is 24.4 Å². The predicted octanol–water partition coefficient (Wildman–Crippen LogP) is 7.09. The molecule has 0 heterocycles. The predicted molar refractivity (Wildman–Crippen MR) is 111 cm³/mol. The first-order valence-corrected chi connectivity index (χ1v) is 15.7. The van der Waals surface area contributed by atoms with Crippen LogP contribution in [0.15, 0.2) is 23.2 Å². The second-order valence-electron chi connectivity index (χ2n) is 9.21. The molecule has 2 rings (SSSR count). The summed E-state index contributed by atoms with van der Waals surface area (Å²) in [5.74, 6) is 1.19. The summed E-state index contributed by atoms with van der Waals surface area (Å²) >= 11 is -0.826. The first-order valence-electron chi connectivity index (χ1n) is 9.32. The van der Waals surface area contributed by atoms with Crippen LogP contribution in [0.4, 0.5) is 0 Å². The number of hydrogen-bond donors (Lipinski definition) is 1. The van der Waals surface area contributed by atoms with Crippen LogP contribution in [0, 0.1) is 11.3 Å². The maximum atomic E-state index is 10.5. The van der Waals surface area contributed by atoms with Crippen LogP contribution in [0.5, 0.6) is 5.75 Å². The summed E-state index contributed by atoms with van der Waals surface area (Å²) < 4.78 is 0. The molecule has 0 atom stereocenters. The molecule has 1 fully saturated rings. The second-order valence-corrected chi connectivity index (χ2v) is 12.9. The van der Waals surface area contributed by atoms with Gasteiger partial charge in [0.2, 0.25) is 0 Å². The van der Waals surface area contributed by atoms with Crippen molar-refractivity contribution in [3.05, 3.63) is 29.3 Å². The van der Waals surface area contributed by atoms with E-state index in [1.165, 1.54) is 12.8 Å². The van der Waals surface area contributed by atoms with Crippen molar-refractivity contribution < 1.29 is 26.0 Å². The Balaban J connectivity index is 0.00000105. The number of benzene rings is 1. The van der Waals surface area contributed by atoms with E-state index >= 15 is 0 Å². The molecule has 0 aromatic heterocycles. The van der Waals surface area contributed by atoms with Crippen LogP contribution >= 0.6 is 17.0 Å². The number of aromatic hydroxyl groups is 1. The number of nitrogens with zero attached hydrogens (tertiary/aromatic N) is 1. The number of rotatable bonds is 2. The molecule has 1 aromatic carbocycles. The van der Waals surface area contributed by atoms with Gasteiger partial charge >= 0.3 is 37.9 Å². The Labute approximate surface area is 178 Å². The van der Waals surface area contributed by atoms with Crippen molar-refractivity contribution in [2.45, 2.75) is 78.7 Å². The number of hydrogen-bond acceptors (Lipinski definition) is 2. The van der Waals surface area contributed by atoms with E-state index in [0.29, 0.717) is 17.2 Å². The first kappa shape index (κ1) is 24.2. The summed E-state index contributed by atoms with van der Waals surface area (Å²) in [6.45, 7) is 13.4. The zero-order chi connectivity index (χ0) is 20.0. The van der Waals surface area contributed by atoms with Crippen LogP contribution < -0.4 is 0 Å². The zero-order valence-corrected chi connectivity index (χ0v) is 20.9. The molecular weight excluding hydrogens is 444 g/mol. The van der Waals surface area contributed by atoms with E-state index < -0.39 is 20.8 Å². The molecule has 0 radical (unpaired) electrons. The summed E-state index contributed by atoms with van der Waals surface area (Å²) in [7, 11) is 9.87. The monoisotopic (exact) mass is 475 g/mol. The van der Waals surface area contributed by atoms with Crippen LogP contribution in [0.3, 0.4) is 0 Å². The summed E-state index contributed by atoms with van der Waals surface area (Å²) in [5, 5.41) is 10.5. The number of para-hydroxylation sites is 1. The Hall–Kier alpha value is 0.153. The van der Waals surface area contributed by atoms with Crippen LogP contribution in [0.25, 0.3) is 0 Å². The molecule has 146 valence electrons. The Kier molecular flexibility index (Phi) is 9.89. The van der Waals surface area contributed by atoms with Crippen molar-refractivity contribution >= 4 is 23.2 Å². The molecular formula is C21H33Cl2NOZr. The second kappa shape index (κ2) is 10.6. The average Bonchev–Trinajstić information content (AvgIpc) is 2.53. The summed E-state index contributed by atoms with van der Waals surface area (Å²) in [6, 6.07) is 6.38. The van der Waals surface area contributed by atoms with E-state index in [1.54, 1.807) is 0 Å². The van der Waals surface area contributed by atoms with Crippen molar-refractivity contribution in [1.82, 2.24) is 0 Å². The molecule has 1 aromatic rings. The fraction of sp³-hybridized carbons (Fsp3) is 0.667. The summed E-state index contributed by atoms with van der Waals surface area (Å²) in [4.78, 5) is 4.77. The molecule has 0 bridgehead atoms. The fourth-order valence-corrected chi connectivity index (χ4v) is 3.55. The number of phenolic OH excluding ortho intramolecular Hbond substituents is 1. The molecule has 1 N–H and O–H groups in total. The van der Waals surface area contributed by atoms with E-state index in [2.05, 4.69) is 41.5 Å². The Morgan fingerprint density at radius 2 is 1.58 bits per heavy atom. The van der Waals surface area contributed by atoms with Gasteiger partial charge in [0.15, 0.2) is 0 Å². The van der Waals surface area contributed by atoms with Gasteiger partial charge in [-0.25, -0.2) is 0 Å². The quantitative estimate of drug-likeness (QED) is 0.453. The van der Waals surface area contributed by atoms with Crippen molar-refractivity contribution in [2.24, 2.45) is 16.3 Å². The molecule has 0 amide bonds. The number of phenols is 1. The number of halogens is 2. The van der Waals surface area contributed by atoms with Gasteiger partial charge in [-0.2, -0.15) is 0 Å². The van der Waals surface area contributed by atoms with E-state index in [-0.39, 0.29) is 5.41 Å². The van der Waals surface area contributed by atoms with Crippen LogP contribution in [-0.4, -0.2) is 17.4 Å². The Morgan fingerprint density at radius 1 is 1.04 bits per heavy atom. The SMILES string of the molecule is CC(C)(C)c1cccc(C=NC2CCC(C(C)(C)C)CC2)c1O.[Cl][Zr][Cl]. The van der Waals surface area contributed by atoms with Crippen LogP contribution in [-0.2, 0) is 26.3 Å². The standard InChI is InChI=1S/C21H33NO.2ClH.Zr/c1-20(2,3)16-10-12-17(13-11-16)22-14-15-8-7-9-18(19(15)23)21(4,5)6;;;/h7-9,14,16-17,23H,10-13H2,1-6H3;2*1H;/q;;;+2/p-2. The van der Waals surface area contributed by atoms with Gasteiger partial charge in [0, 0.05) is 17.8 Å². The van der Waals surface area contributed by atoms with Crippen LogP contribution in [0.1, 0.15) is 78.4 Å². The molecule has 1 aliphatic rings. The van der Waals surface area contributed by atoms with Crippen molar-refractivity contribution in [3.8, 4) is 5.75 Å². The molecule has 1 saturated carbocycles. The fourth-order valence-electron chi connectivity index (χ4n) is 3.55. The molecule has 26 heavy (non-hydrogen) atoms. The molecule has 0 saturated heterocycles. The summed E-state index contributed by atoms with van der Waals surface area (Å²) in [6.07, 6.45) is 6.74. The topological polar surface area (TPSA) is 32.6 Å². The average molecular weight is 478 g/mol. The van der Waals surface area contributed by atoms with Gasteiger partial charge in [-0.05, 0) is 54.1 Å². The molecule has 0 unspecified atom stereocenters. The van der Waals surface area contributed by atoms with Gasteiger partial charge in [-0.1, -0.05) is 53.7 Å². The molecule has 1 aliphatic carbocycles. The molecule has 0 spiro atoms. The maximum absolute atomic E-state index is 10.5. The Bertz CT molecular complexity index is 583. The third-order valence-corrected chi connectivity index (χ3v) is 5.22. The van der Waals surface area contributed by atoms with Gasteiger partial charge in [-0.3, -0.25) is 4.99 Å². The van der Waals surface area contributed by atoms with Gasteiger partial charge in [0.05, 0.1) is 0 Å². The minimum absolute atomic E-state index is 0.0568. The normalized spacial score (nSPS) is 21.2. The third-order valence-electron chi connectivity index (χ3n) is 5.22. The minimum atomic E-state index is -0.826. The van der Waals surface area contributed by atoms with Gasteiger partial charge in [0.1, 0.15) is 5.75 Å². The van der Waals surface area contributed by atoms with E-state index in [4.69, 9.17) is 22.0 Å².